The summed E-state index contributed by atoms with van der Waals surface area (Å²) in [5, 5.41) is 18.7. The van der Waals surface area contributed by atoms with Crippen LogP contribution in [-0.4, -0.2) is 22.2 Å². The average Bonchev–Trinajstić information content (AvgIpc) is 2.34. The first-order valence-electron chi connectivity index (χ1n) is 6.68. The topological polar surface area (TPSA) is 74.6 Å². The van der Waals surface area contributed by atoms with E-state index in [2.05, 4.69) is 6.92 Å². The third-order valence-corrected chi connectivity index (χ3v) is 3.80. The van der Waals surface area contributed by atoms with Crippen molar-refractivity contribution in [3.8, 4) is 0 Å². The van der Waals surface area contributed by atoms with E-state index < -0.39 is 23.3 Å². The molecule has 1 aliphatic rings. The van der Waals surface area contributed by atoms with Crippen LogP contribution in [0, 0.1) is 11.3 Å². The van der Waals surface area contributed by atoms with E-state index in [0.717, 1.165) is 25.7 Å². The molecule has 1 rings (SSSR count). The molecule has 0 spiro atoms. The Kier molecular flexibility index (Phi) is 5.38. The second-order valence-electron chi connectivity index (χ2n) is 5.03. The molecule has 0 aromatic carbocycles. The molecular formula is C14H22O4. The number of carbonyl (C=O) groups is 2. The van der Waals surface area contributed by atoms with Crippen molar-refractivity contribution < 1.29 is 19.8 Å². The third-order valence-electron chi connectivity index (χ3n) is 3.80. The van der Waals surface area contributed by atoms with Gasteiger partial charge < -0.3 is 10.2 Å². The molecule has 0 aliphatic heterocycles. The Bertz CT molecular complexity index is 335. The van der Waals surface area contributed by atoms with Crippen molar-refractivity contribution in [1.29, 1.82) is 0 Å². The number of hydrogen-bond acceptors (Lipinski definition) is 2. The van der Waals surface area contributed by atoms with Gasteiger partial charge in [0.1, 0.15) is 0 Å². The zero-order valence-electron chi connectivity index (χ0n) is 10.9. The summed E-state index contributed by atoms with van der Waals surface area (Å²) in [6, 6.07) is 0. The zero-order chi connectivity index (χ0) is 13.6. The summed E-state index contributed by atoms with van der Waals surface area (Å²) in [5.74, 6) is -2.78. The minimum Gasteiger partial charge on any atom is -0.481 e. The van der Waals surface area contributed by atoms with E-state index >= 15 is 0 Å². The average molecular weight is 254 g/mol. The summed E-state index contributed by atoms with van der Waals surface area (Å²) in [7, 11) is 0. The quantitative estimate of drug-likeness (QED) is 0.541. The Hall–Kier alpha value is -1.32. The smallest absolute Gasteiger partial charge is 0.314 e. The van der Waals surface area contributed by atoms with Crippen LogP contribution in [0.2, 0.25) is 0 Å². The Morgan fingerprint density at radius 1 is 1.28 bits per heavy atom. The van der Waals surface area contributed by atoms with Crippen LogP contribution >= 0.6 is 0 Å². The first-order chi connectivity index (χ1) is 8.54. The summed E-state index contributed by atoms with van der Waals surface area (Å²) in [6.07, 6.45) is 8.81. The first-order valence-corrected chi connectivity index (χ1v) is 6.68. The lowest BCUT2D eigenvalue weighted by Gasteiger charge is -2.34. The molecule has 0 amide bonds. The lowest BCUT2D eigenvalue weighted by molar-refractivity contribution is -0.160. The molecule has 0 heterocycles. The van der Waals surface area contributed by atoms with Gasteiger partial charge in [-0.25, -0.2) is 0 Å². The molecule has 4 heteroatoms. The molecule has 0 saturated heterocycles. The minimum atomic E-state index is -1.20. The molecule has 0 aromatic rings. The van der Waals surface area contributed by atoms with Crippen molar-refractivity contribution in [3.05, 3.63) is 12.2 Å². The van der Waals surface area contributed by atoms with Crippen molar-refractivity contribution in [1.82, 2.24) is 0 Å². The second kappa shape index (κ2) is 6.57. The summed E-state index contributed by atoms with van der Waals surface area (Å²) in [6.45, 7) is 2.09. The molecule has 102 valence electrons. The fraction of sp³-hybridized carbons (Fsp3) is 0.714. The summed E-state index contributed by atoms with van der Waals surface area (Å²) in [4.78, 5) is 22.8. The van der Waals surface area contributed by atoms with Gasteiger partial charge in [0.2, 0.25) is 0 Å². The van der Waals surface area contributed by atoms with Gasteiger partial charge in [-0.1, -0.05) is 44.8 Å². The number of unbranched alkanes of at least 4 members (excludes halogenated alkanes) is 3. The van der Waals surface area contributed by atoms with Gasteiger partial charge in [-0.2, -0.15) is 0 Å². The van der Waals surface area contributed by atoms with E-state index in [1.807, 2.05) is 6.08 Å². The van der Waals surface area contributed by atoms with Crippen molar-refractivity contribution in [2.75, 3.05) is 0 Å². The highest BCUT2D eigenvalue weighted by Crippen LogP contribution is 2.41. The van der Waals surface area contributed by atoms with Crippen LogP contribution in [0.3, 0.4) is 0 Å². The van der Waals surface area contributed by atoms with Crippen molar-refractivity contribution in [2.24, 2.45) is 11.3 Å². The predicted molar refractivity (Wildman–Crippen MR) is 68.3 cm³/mol. The normalized spacial score (nSPS) is 27.1. The lowest BCUT2D eigenvalue weighted by Crippen LogP contribution is -2.42. The van der Waals surface area contributed by atoms with Crippen molar-refractivity contribution >= 4 is 11.9 Å². The number of allylic oxidation sites excluding steroid dienone is 1. The Morgan fingerprint density at radius 3 is 2.56 bits per heavy atom. The van der Waals surface area contributed by atoms with E-state index in [1.165, 1.54) is 0 Å². The lowest BCUT2D eigenvalue weighted by atomic mass is 9.67. The Morgan fingerprint density at radius 2 is 2.00 bits per heavy atom. The fourth-order valence-corrected chi connectivity index (χ4v) is 2.70. The van der Waals surface area contributed by atoms with Gasteiger partial charge in [0.05, 0.1) is 11.3 Å². The van der Waals surface area contributed by atoms with Gasteiger partial charge in [-0.15, -0.1) is 0 Å². The minimum absolute atomic E-state index is 0.423. The van der Waals surface area contributed by atoms with Gasteiger partial charge >= 0.3 is 11.9 Å². The Balaban J connectivity index is 2.82. The van der Waals surface area contributed by atoms with Crippen LogP contribution < -0.4 is 0 Å². The van der Waals surface area contributed by atoms with Crippen LogP contribution in [0.15, 0.2) is 12.2 Å². The van der Waals surface area contributed by atoms with E-state index in [0.29, 0.717) is 19.3 Å². The molecule has 2 N–H and O–H groups in total. The molecule has 2 atom stereocenters. The van der Waals surface area contributed by atoms with Gasteiger partial charge in [-0.3, -0.25) is 9.59 Å². The number of aliphatic carboxylic acids is 2. The van der Waals surface area contributed by atoms with Crippen molar-refractivity contribution in [3.63, 3.8) is 0 Å². The molecule has 4 nitrogen and oxygen atoms in total. The van der Waals surface area contributed by atoms with Gasteiger partial charge in [0, 0.05) is 0 Å². The zero-order valence-corrected chi connectivity index (χ0v) is 10.9. The van der Waals surface area contributed by atoms with E-state index in [1.54, 1.807) is 6.08 Å². The van der Waals surface area contributed by atoms with Crippen LogP contribution in [-0.2, 0) is 9.59 Å². The monoisotopic (exact) mass is 254 g/mol. The van der Waals surface area contributed by atoms with Crippen LogP contribution in [0.4, 0.5) is 0 Å². The number of carboxylic acid groups (broad SMARTS) is 2. The summed E-state index contributed by atoms with van der Waals surface area (Å²) in [5.41, 5.74) is -1.20. The summed E-state index contributed by atoms with van der Waals surface area (Å²) < 4.78 is 0. The molecule has 0 saturated carbocycles. The Labute approximate surface area is 108 Å². The largest absolute Gasteiger partial charge is 0.481 e. The molecule has 0 radical (unpaired) electrons. The predicted octanol–water partition coefficient (Wildman–Crippen LogP) is 3.08. The van der Waals surface area contributed by atoms with E-state index in [-0.39, 0.29) is 0 Å². The molecular weight excluding hydrogens is 232 g/mol. The van der Waals surface area contributed by atoms with Crippen LogP contribution in [0.25, 0.3) is 0 Å². The highest BCUT2D eigenvalue weighted by molar-refractivity contribution is 5.85. The maximum absolute atomic E-state index is 11.5. The third kappa shape index (κ3) is 3.12. The summed E-state index contributed by atoms with van der Waals surface area (Å²) >= 11 is 0. The SMILES string of the molecule is CCCCCCC1(C(=O)O)C=CCCC1C(=O)O. The second-order valence-corrected chi connectivity index (χ2v) is 5.03. The standard InChI is InChI=1S/C14H22O4/c1-2-3-4-6-9-14(13(17)18)10-7-5-8-11(14)12(15)16/h7,10-11H,2-6,8-9H2,1H3,(H,15,16)(H,17,18). The first kappa shape index (κ1) is 14.7. The van der Waals surface area contributed by atoms with Crippen LogP contribution in [0.5, 0.6) is 0 Å². The van der Waals surface area contributed by atoms with Gasteiger partial charge in [0.15, 0.2) is 0 Å². The molecule has 0 aromatic heterocycles. The molecule has 0 fully saturated rings. The van der Waals surface area contributed by atoms with Gasteiger partial charge in [0.25, 0.3) is 0 Å². The highest BCUT2D eigenvalue weighted by atomic mass is 16.4. The molecule has 0 bridgehead atoms. The molecule has 1 aliphatic carbocycles. The number of rotatable bonds is 7. The van der Waals surface area contributed by atoms with Crippen molar-refractivity contribution in [2.45, 2.75) is 51.9 Å². The maximum Gasteiger partial charge on any atom is 0.314 e. The van der Waals surface area contributed by atoms with E-state index in [9.17, 15) is 19.8 Å². The maximum atomic E-state index is 11.5. The number of carboxylic acids is 2. The molecule has 18 heavy (non-hydrogen) atoms. The van der Waals surface area contributed by atoms with Gasteiger partial charge in [-0.05, 0) is 19.3 Å². The highest BCUT2D eigenvalue weighted by Gasteiger charge is 2.48. The van der Waals surface area contributed by atoms with Crippen LogP contribution in [0.1, 0.15) is 51.9 Å². The number of hydrogen-bond donors (Lipinski definition) is 2. The fourth-order valence-electron chi connectivity index (χ4n) is 2.70. The van der Waals surface area contributed by atoms with E-state index in [4.69, 9.17) is 0 Å². The molecule has 2 unspecified atom stereocenters.